The summed E-state index contributed by atoms with van der Waals surface area (Å²) in [6, 6.07) is 12.9. The Bertz CT molecular complexity index is 1010. The van der Waals surface area contributed by atoms with Gasteiger partial charge in [-0.2, -0.15) is 0 Å². The number of sulfonamides is 1. The molecule has 0 aliphatic heterocycles. The molecule has 3 aromatic rings. The van der Waals surface area contributed by atoms with E-state index >= 15 is 0 Å². The number of aryl methyl sites for hydroxylation is 3. The summed E-state index contributed by atoms with van der Waals surface area (Å²) in [6.45, 7) is 5.85. The van der Waals surface area contributed by atoms with Gasteiger partial charge in [-0.1, -0.05) is 37.3 Å². The number of rotatable bonds is 4. The molecular formula is C19H20N2O2S. The van der Waals surface area contributed by atoms with Gasteiger partial charge in [0.2, 0.25) is 0 Å². The van der Waals surface area contributed by atoms with E-state index in [9.17, 15) is 8.42 Å². The molecule has 3 rings (SSSR count). The zero-order chi connectivity index (χ0) is 17.3. The summed E-state index contributed by atoms with van der Waals surface area (Å²) in [4.78, 5) is 4.53. The van der Waals surface area contributed by atoms with Crippen LogP contribution in [0.4, 0.5) is 5.69 Å². The zero-order valence-electron chi connectivity index (χ0n) is 14.0. The van der Waals surface area contributed by atoms with Gasteiger partial charge in [-0.05, 0) is 49.1 Å². The fourth-order valence-electron chi connectivity index (χ4n) is 2.82. The first kappa shape index (κ1) is 16.5. The van der Waals surface area contributed by atoms with Crippen LogP contribution in [0.1, 0.15) is 23.6 Å². The maximum Gasteiger partial charge on any atom is 0.264 e. The highest BCUT2D eigenvalue weighted by molar-refractivity contribution is 7.93. The third-order valence-corrected chi connectivity index (χ3v) is 5.46. The number of hydrogen-bond donors (Lipinski definition) is 1. The van der Waals surface area contributed by atoms with E-state index in [0.717, 1.165) is 28.5 Å². The van der Waals surface area contributed by atoms with Gasteiger partial charge in [0, 0.05) is 11.6 Å². The smallest absolute Gasteiger partial charge is 0.264 e. The van der Waals surface area contributed by atoms with Gasteiger partial charge in [0.25, 0.3) is 10.0 Å². The first-order valence-corrected chi connectivity index (χ1v) is 9.37. The molecule has 0 saturated carbocycles. The highest BCUT2D eigenvalue weighted by Gasteiger charge is 2.20. The van der Waals surface area contributed by atoms with Crippen molar-refractivity contribution in [3.8, 4) is 0 Å². The Morgan fingerprint density at radius 2 is 1.83 bits per heavy atom. The minimum Gasteiger partial charge on any atom is -0.279 e. The highest BCUT2D eigenvalue weighted by atomic mass is 32.2. The second-order valence-electron chi connectivity index (χ2n) is 5.91. The number of para-hydroxylation sites is 2. The van der Waals surface area contributed by atoms with Crippen molar-refractivity contribution < 1.29 is 8.42 Å². The summed E-state index contributed by atoms with van der Waals surface area (Å²) in [5.74, 6) is 0. The van der Waals surface area contributed by atoms with Gasteiger partial charge in [0.15, 0.2) is 0 Å². The molecule has 1 N–H and O–H groups in total. The molecule has 0 unspecified atom stereocenters. The number of benzene rings is 2. The van der Waals surface area contributed by atoms with E-state index in [4.69, 9.17) is 0 Å². The van der Waals surface area contributed by atoms with Crippen LogP contribution < -0.4 is 4.72 Å². The number of nitrogens with one attached hydrogen (secondary N) is 1. The molecule has 0 bridgehead atoms. The van der Waals surface area contributed by atoms with E-state index in [0.29, 0.717) is 11.2 Å². The quantitative estimate of drug-likeness (QED) is 0.774. The van der Waals surface area contributed by atoms with Crippen LogP contribution in [-0.2, 0) is 16.4 Å². The Morgan fingerprint density at radius 3 is 2.58 bits per heavy atom. The van der Waals surface area contributed by atoms with Crippen LogP contribution in [0.2, 0.25) is 0 Å². The monoisotopic (exact) mass is 340 g/mol. The third-order valence-electron chi connectivity index (χ3n) is 4.08. The van der Waals surface area contributed by atoms with Gasteiger partial charge in [-0.15, -0.1) is 0 Å². The molecule has 0 saturated heterocycles. The number of pyridine rings is 1. The van der Waals surface area contributed by atoms with Gasteiger partial charge in [-0.25, -0.2) is 8.42 Å². The second kappa shape index (κ2) is 6.24. The van der Waals surface area contributed by atoms with Crippen molar-refractivity contribution in [1.29, 1.82) is 0 Å². The van der Waals surface area contributed by atoms with Crippen LogP contribution in [0, 0.1) is 13.8 Å². The van der Waals surface area contributed by atoms with Gasteiger partial charge in [0.05, 0.1) is 11.2 Å². The average molecular weight is 340 g/mol. The van der Waals surface area contributed by atoms with E-state index in [-0.39, 0.29) is 4.90 Å². The zero-order valence-corrected chi connectivity index (χ0v) is 14.8. The summed E-state index contributed by atoms with van der Waals surface area (Å²) >= 11 is 0. The molecule has 0 aliphatic carbocycles. The molecule has 0 amide bonds. The molecule has 1 aromatic heterocycles. The SMILES string of the molecule is CCc1cccc(C)c1NS(=O)(=O)c1cccc2cc(C)cnc12. The minimum absolute atomic E-state index is 0.199. The summed E-state index contributed by atoms with van der Waals surface area (Å²) in [7, 11) is -3.72. The summed E-state index contributed by atoms with van der Waals surface area (Å²) < 4.78 is 28.7. The van der Waals surface area contributed by atoms with Gasteiger partial charge >= 0.3 is 0 Å². The first-order chi connectivity index (χ1) is 11.4. The summed E-state index contributed by atoms with van der Waals surface area (Å²) in [5.41, 5.74) is 4.02. The van der Waals surface area contributed by atoms with E-state index < -0.39 is 10.0 Å². The van der Waals surface area contributed by atoms with Crippen LogP contribution >= 0.6 is 0 Å². The molecule has 0 atom stereocenters. The molecule has 0 radical (unpaired) electrons. The Kier molecular flexibility index (Phi) is 4.28. The van der Waals surface area contributed by atoms with Gasteiger partial charge in [0.1, 0.15) is 4.90 Å². The Hall–Kier alpha value is -2.40. The van der Waals surface area contributed by atoms with Crippen molar-refractivity contribution in [2.45, 2.75) is 32.1 Å². The Labute approximate surface area is 142 Å². The molecular weight excluding hydrogens is 320 g/mol. The van der Waals surface area contributed by atoms with Gasteiger partial charge in [-0.3, -0.25) is 9.71 Å². The van der Waals surface area contributed by atoms with E-state index in [1.165, 1.54) is 0 Å². The van der Waals surface area contributed by atoms with Crippen LogP contribution in [0.25, 0.3) is 10.9 Å². The standard InChI is InChI=1S/C19H20N2O2S/c1-4-15-8-5-7-14(3)18(15)21-24(22,23)17-10-6-9-16-11-13(2)12-20-19(16)17/h5-12,21H,4H2,1-3H3. The highest BCUT2D eigenvalue weighted by Crippen LogP contribution is 2.27. The molecule has 0 aliphatic rings. The van der Waals surface area contributed by atoms with Crippen molar-refractivity contribution in [3.63, 3.8) is 0 Å². The van der Waals surface area contributed by atoms with Crippen molar-refractivity contribution in [1.82, 2.24) is 4.98 Å². The Morgan fingerprint density at radius 1 is 1.08 bits per heavy atom. The lowest BCUT2D eigenvalue weighted by Gasteiger charge is -2.15. The number of fused-ring (bicyclic) bond motifs is 1. The van der Waals surface area contributed by atoms with Crippen molar-refractivity contribution in [3.05, 3.63) is 65.4 Å². The number of aromatic nitrogens is 1. The molecule has 24 heavy (non-hydrogen) atoms. The third kappa shape index (κ3) is 2.99. The van der Waals surface area contributed by atoms with Crippen molar-refractivity contribution >= 4 is 26.6 Å². The molecule has 4 nitrogen and oxygen atoms in total. The number of anilines is 1. The predicted molar refractivity (Wildman–Crippen MR) is 97.8 cm³/mol. The maximum absolute atomic E-state index is 13.0. The maximum atomic E-state index is 13.0. The fourth-order valence-corrected chi connectivity index (χ4v) is 4.17. The summed E-state index contributed by atoms with van der Waals surface area (Å²) in [6.07, 6.45) is 2.44. The lowest BCUT2D eigenvalue weighted by atomic mass is 10.1. The fraction of sp³-hybridized carbons (Fsp3) is 0.211. The van der Waals surface area contributed by atoms with Crippen LogP contribution in [0.5, 0.6) is 0 Å². The van der Waals surface area contributed by atoms with Crippen molar-refractivity contribution in [2.75, 3.05) is 4.72 Å². The molecule has 0 spiro atoms. The van der Waals surface area contributed by atoms with Crippen LogP contribution in [0.15, 0.2) is 53.6 Å². The topological polar surface area (TPSA) is 59.1 Å². The minimum atomic E-state index is -3.72. The summed E-state index contributed by atoms with van der Waals surface area (Å²) in [5, 5.41) is 0.818. The Balaban J connectivity index is 2.13. The molecule has 0 fully saturated rings. The lowest BCUT2D eigenvalue weighted by Crippen LogP contribution is -2.16. The largest absolute Gasteiger partial charge is 0.279 e. The molecule has 1 heterocycles. The van der Waals surface area contributed by atoms with E-state index in [2.05, 4.69) is 9.71 Å². The molecule has 124 valence electrons. The van der Waals surface area contributed by atoms with Gasteiger partial charge < -0.3 is 0 Å². The normalized spacial score (nSPS) is 11.6. The average Bonchev–Trinajstić information content (AvgIpc) is 2.55. The van der Waals surface area contributed by atoms with Crippen molar-refractivity contribution in [2.24, 2.45) is 0 Å². The lowest BCUT2D eigenvalue weighted by molar-refractivity contribution is 0.602. The number of nitrogens with zero attached hydrogens (tertiary/aromatic N) is 1. The van der Waals surface area contributed by atoms with E-state index in [1.807, 2.05) is 51.1 Å². The second-order valence-corrected chi connectivity index (χ2v) is 7.56. The van der Waals surface area contributed by atoms with Crippen LogP contribution in [-0.4, -0.2) is 13.4 Å². The first-order valence-electron chi connectivity index (χ1n) is 7.89. The predicted octanol–water partition coefficient (Wildman–Crippen LogP) is 4.21. The molecule has 2 aromatic carbocycles. The molecule has 5 heteroatoms. The van der Waals surface area contributed by atoms with Crippen LogP contribution in [0.3, 0.4) is 0 Å². The number of hydrogen-bond acceptors (Lipinski definition) is 3. The van der Waals surface area contributed by atoms with E-state index in [1.54, 1.807) is 18.3 Å².